The molecule has 0 aromatic carbocycles. The van der Waals surface area contributed by atoms with Gasteiger partial charge < -0.3 is 5.32 Å². The summed E-state index contributed by atoms with van der Waals surface area (Å²) in [6.45, 7) is 0.164. The minimum absolute atomic E-state index is 0.164. The Morgan fingerprint density at radius 1 is 1.44 bits per heavy atom. The minimum atomic E-state index is -0.409. The molecule has 2 amide bonds. The number of nitrogens with one attached hydrogen (secondary N) is 1. The lowest BCUT2D eigenvalue weighted by Crippen LogP contribution is -2.45. The first-order valence-electron chi connectivity index (χ1n) is 5.72. The molecule has 16 heavy (non-hydrogen) atoms. The summed E-state index contributed by atoms with van der Waals surface area (Å²) < 4.78 is 0. The van der Waals surface area contributed by atoms with E-state index in [1.165, 1.54) is 19.3 Å². The van der Waals surface area contributed by atoms with E-state index in [-0.39, 0.29) is 18.5 Å². The van der Waals surface area contributed by atoms with Gasteiger partial charge in [-0.15, -0.1) is 16.5 Å². The van der Waals surface area contributed by atoms with Crippen LogP contribution in [0.4, 0.5) is 4.79 Å². The summed E-state index contributed by atoms with van der Waals surface area (Å²) in [5.74, 6) is 1.58. The number of fused-ring (bicyclic) bond motifs is 2. The van der Waals surface area contributed by atoms with Crippen LogP contribution in [0.2, 0.25) is 0 Å². The SMILES string of the molecule is O=NN(CCCl)C(=O)N[C@H]1C[C@@H]2CC[C@H]1C2. The fourth-order valence-electron chi connectivity index (χ4n) is 2.91. The molecule has 2 aliphatic rings. The van der Waals surface area contributed by atoms with Crippen molar-refractivity contribution in [1.29, 1.82) is 0 Å². The number of rotatable bonds is 4. The van der Waals surface area contributed by atoms with Crippen LogP contribution in [0.15, 0.2) is 5.29 Å². The van der Waals surface area contributed by atoms with Crippen molar-refractivity contribution in [1.82, 2.24) is 10.3 Å². The molecule has 0 aliphatic heterocycles. The van der Waals surface area contributed by atoms with Crippen LogP contribution in [0.1, 0.15) is 25.7 Å². The second-order valence-electron chi connectivity index (χ2n) is 4.62. The molecule has 0 heterocycles. The Kier molecular flexibility index (Phi) is 3.63. The summed E-state index contributed by atoms with van der Waals surface area (Å²) in [5.41, 5.74) is 0. The summed E-state index contributed by atoms with van der Waals surface area (Å²) >= 11 is 5.48. The van der Waals surface area contributed by atoms with Crippen LogP contribution in [-0.4, -0.2) is 29.5 Å². The van der Waals surface area contributed by atoms with Crippen LogP contribution in [0, 0.1) is 16.7 Å². The molecular formula is C10H16ClN3O2. The second-order valence-corrected chi connectivity index (χ2v) is 5.00. The number of hydrogen-bond acceptors (Lipinski definition) is 3. The summed E-state index contributed by atoms with van der Waals surface area (Å²) in [6.07, 6.45) is 4.74. The van der Waals surface area contributed by atoms with Crippen molar-refractivity contribution < 1.29 is 4.79 Å². The normalized spacial score (nSPS) is 31.4. The first kappa shape index (κ1) is 11.6. The number of hydrogen-bond donors (Lipinski definition) is 1. The number of nitrogens with zero attached hydrogens (tertiary/aromatic N) is 2. The Morgan fingerprint density at radius 2 is 2.25 bits per heavy atom. The molecule has 5 nitrogen and oxygen atoms in total. The average Bonchev–Trinajstić information content (AvgIpc) is 2.87. The zero-order valence-corrected chi connectivity index (χ0v) is 9.82. The molecule has 6 heteroatoms. The van der Waals surface area contributed by atoms with Crippen LogP contribution in [0.25, 0.3) is 0 Å². The molecular weight excluding hydrogens is 230 g/mol. The Labute approximate surface area is 99.5 Å². The molecule has 2 fully saturated rings. The van der Waals surface area contributed by atoms with Gasteiger partial charge in [-0.1, -0.05) is 6.42 Å². The summed E-state index contributed by atoms with van der Waals surface area (Å²) in [5, 5.41) is 6.41. The number of halogens is 1. The second kappa shape index (κ2) is 4.99. The molecule has 2 saturated carbocycles. The highest BCUT2D eigenvalue weighted by Gasteiger charge is 2.40. The van der Waals surface area contributed by atoms with Crippen LogP contribution in [0.3, 0.4) is 0 Å². The smallest absolute Gasteiger partial charge is 0.333 e. The summed E-state index contributed by atoms with van der Waals surface area (Å²) in [7, 11) is 0. The Morgan fingerprint density at radius 3 is 2.75 bits per heavy atom. The van der Waals surface area contributed by atoms with E-state index in [1.807, 2.05) is 0 Å². The molecule has 0 spiro atoms. The van der Waals surface area contributed by atoms with Crippen molar-refractivity contribution in [3.8, 4) is 0 Å². The number of nitroso groups, excluding NO2 is 1. The van der Waals surface area contributed by atoms with E-state index in [0.717, 1.165) is 17.3 Å². The maximum absolute atomic E-state index is 11.7. The van der Waals surface area contributed by atoms with Crippen molar-refractivity contribution >= 4 is 17.6 Å². The third-order valence-electron chi connectivity index (χ3n) is 3.68. The zero-order valence-electron chi connectivity index (χ0n) is 9.06. The van der Waals surface area contributed by atoms with E-state index in [1.54, 1.807) is 0 Å². The lowest BCUT2D eigenvalue weighted by Gasteiger charge is -2.24. The van der Waals surface area contributed by atoms with Gasteiger partial charge in [0.1, 0.15) is 0 Å². The van der Waals surface area contributed by atoms with Crippen LogP contribution < -0.4 is 5.32 Å². The molecule has 0 unspecified atom stereocenters. The molecule has 90 valence electrons. The molecule has 1 N–H and O–H groups in total. The summed E-state index contributed by atoms with van der Waals surface area (Å²) in [6, 6.07) is -0.181. The van der Waals surface area contributed by atoms with Gasteiger partial charge in [0, 0.05) is 11.9 Å². The molecule has 2 aliphatic carbocycles. The zero-order chi connectivity index (χ0) is 11.5. The van der Waals surface area contributed by atoms with E-state index in [0.29, 0.717) is 5.92 Å². The molecule has 0 saturated heterocycles. The maximum Gasteiger partial charge on any atom is 0.340 e. The molecule has 2 bridgehead atoms. The van der Waals surface area contributed by atoms with Crippen molar-refractivity contribution in [2.45, 2.75) is 31.7 Å². The predicted molar refractivity (Wildman–Crippen MR) is 61.0 cm³/mol. The highest BCUT2D eigenvalue weighted by atomic mass is 35.5. The standard InChI is InChI=1S/C10H16ClN3O2/c11-3-4-14(13-16)10(15)12-9-6-7-1-2-8(9)5-7/h7-9H,1-6H2,(H,12,15)/t7-,8+,9+/m1/s1. The van der Waals surface area contributed by atoms with Gasteiger partial charge in [0.15, 0.2) is 0 Å². The van der Waals surface area contributed by atoms with Gasteiger partial charge in [0.05, 0.1) is 11.8 Å². The summed E-state index contributed by atoms with van der Waals surface area (Å²) in [4.78, 5) is 22.1. The lowest BCUT2D eigenvalue weighted by atomic mass is 9.95. The van der Waals surface area contributed by atoms with E-state index < -0.39 is 6.03 Å². The number of carbonyl (C=O) groups is 1. The largest absolute Gasteiger partial charge is 0.340 e. The third kappa shape index (κ3) is 2.29. The molecule has 0 aromatic rings. The van der Waals surface area contributed by atoms with E-state index in [9.17, 15) is 9.70 Å². The van der Waals surface area contributed by atoms with Gasteiger partial charge in [-0.25, -0.2) is 4.79 Å². The maximum atomic E-state index is 11.7. The van der Waals surface area contributed by atoms with Crippen LogP contribution >= 0.6 is 11.6 Å². The predicted octanol–water partition coefficient (Wildman–Crippen LogP) is 2.11. The van der Waals surface area contributed by atoms with Gasteiger partial charge in [-0.05, 0) is 31.1 Å². The average molecular weight is 246 g/mol. The molecule has 3 atom stereocenters. The number of urea groups is 1. The van der Waals surface area contributed by atoms with Crippen molar-refractivity contribution in [3.63, 3.8) is 0 Å². The quantitative estimate of drug-likeness (QED) is 0.468. The van der Waals surface area contributed by atoms with Crippen molar-refractivity contribution in [2.75, 3.05) is 12.4 Å². The van der Waals surface area contributed by atoms with E-state index in [2.05, 4.69) is 10.6 Å². The van der Waals surface area contributed by atoms with Crippen molar-refractivity contribution in [2.24, 2.45) is 17.1 Å². The van der Waals surface area contributed by atoms with Gasteiger partial charge in [-0.2, -0.15) is 5.01 Å². The lowest BCUT2D eigenvalue weighted by molar-refractivity contribution is 0.192. The van der Waals surface area contributed by atoms with Gasteiger partial charge in [0.2, 0.25) is 0 Å². The number of alkyl halides is 1. The first-order valence-corrected chi connectivity index (χ1v) is 6.25. The Bertz CT molecular complexity index is 287. The monoisotopic (exact) mass is 245 g/mol. The third-order valence-corrected chi connectivity index (χ3v) is 3.85. The molecule has 2 rings (SSSR count). The number of carbonyl (C=O) groups excluding carboxylic acids is 1. The highest BCUT2D eigenvalue weighted by molar-refractivity contribution is 6.18. The number of amides is 2. The molecule has 0 aromatic heterocycles. The fraction of sp³-hybridized carbons (Fsp3) is 0.900. The Hall–Kier alpha value is -0.840. The first-order chi connectivity index (χ1) is 7.74. The van der Waals surface area contributed by atoms with Gasteiger partial charge in [0.25, 0.3) is 0 Å². The van der Waals surface area contributed by atoms with Gasteiger partial charge >= 0.3 is 6.03 Å². The van der Waals surface area contributed by atoms with E-state index >= 15 is 0 Å². The minimum Gasteiger partial charge on any atom is -0.333 e. The fourth-order valence-corrected chi connectivity index (χ4v) is 3.07. The van der Waals surface area contributed by atoms with Crippen LogP contribution in [-0.2, 0) is 0 Å². The highest BCUT2D eigenvalue weighted by Crippen LogP contribution is 2.44. The van der Waals surface area contributed by atoms with Crippen LogP contribution in [0.5, 0.6) is 0 Å². The molecule has 0 radical (unpaired) electrons. The Balaban J connectivity index is 1.84. The van der Waals surface area contributed by atoms with E-state index in [4.69, 9.17) is 11.6 Å². The van der Waals surface area contributed by atoms with Crippen molar-refractivity contribution in [3.05, 3.63) is 4.91 Å². The topological polar surface area (TPSA) is 61.8 Å². The van der Waals surface area contributed by atoms with Gasteiger partial charge in [-0.3, -0.25) is 0 Å².